The van der Waals surface area contributed by atoms with Gasteiger partial charge in [-0.05, 0) is 18.1 Å². The smallest absolute Gasteiger partial charge is 0.0412 e. The van der Waals surface area contributed by atoms with Crippen molar-refractivity contribution in [2.45, 2.75) is 6.92 Å². The van der Waals surface area contributed by atoms with E-state index in [1.807, 2.05) is 25.1 Å². The van der Waals surface area contributed by atoms with E-state index in [9.17, 15) is 0 Å². The molecule has 0 aromatic heterocycles. The molecule has 0 nitrogen and oxygen atoms in total. The minimum atomic E-state index is 0.560. The number of halogens is 1. The monoisotopic (exact) mass is 178 g/mol. The minimum absolute atomic E-state index is 0.560. The fourth-order valence-electron chi connectivity index (χ4n) is 1.10. The van der Waals surface area contributed by atoms with E-state index in [2.05, 4.69) is 13.2 Å². The number of hydrogen-bond acceptors (Lipinski definition) is 0. The highest BCUT2D eigenvalue weighted by Crippen LogP contribution is 2.22. The molecule has 1 aromatic carbocycles. The third-order valence-electron chi connectivity index (χ3n) is 1.72. The molecule has 0 heterocycles. The van der Waals surface area contributed by atoms with Crippen molar-refractivity contribution in [3.63, 3.8) is 0 Å². The van der Waals surface area contributed by atoms with Gasteiger partial charge in [0.25, 0.3) is 0 Å². The Labute approximate surface area is 78.2 Å². The summed E-state index contributed by atoms with van der Waals surface area (Å²) in [4.78, 5) is 0. The van der Waals surface area contributed by atoms with E-state index in [0.717, 1.165) is 11.1 Å². The van der Waals surface area contributed by atoms with Gasteiger partial charge in [0, 0.05) is 5.03 Å². The van der Waals surface area contributed by atoms with Crippen LogP contribution in [0.3, 0.4) is 0 Å². The van der Waals surface area contributed by atoms with E-state index in [0.29, 0.717) is 5.03 Å². The van der Waals surface area contributed by atoms with E-state index >= 15 is 0 Å². The largest absolute Gasteiger partial charge is 0.0984 e. The Hall–Kier alpha value is -1.01. The highest BCUT2D eigenvalue weighted by atomic mass is 35.5. The zero-order valence-electron chi connectivity index (χ0n) is 7.10. The third kappa shape index (κ3) is 1.77. The van der Waals surface area contributed by atoms with Gasteiger partial charge in [0.1, 0.15) is 0 Å². The van der Waals surface area contributed by atoms with Crippen molar-refractivity contribution in [1.82, 2.24) is 0 Å². The number of benzene rings is 1. The van der Waals surface area contributed by atoms with Gasteiger partial charge in [0.15, 0.2) is 0 Å². The molecule has 12 heavy (non-hydrogen) atoms. The van der Waals surface area contributed by atoms with Crippen LogP contribution in [0.5, 0.6) is 0 Å². The van der Waals surface area contributed by atoms with Gasteiger partial charge in [0.2, 0.25) is 0 Å². The molecule has 0 radical (unpaired) electrons. The molecule has 0 aliphatic rings. The van der Waals surface area contributed by atoms with Crippen LogP contribution in [0.25, 0.3) is 11.1 Å². The summed E-state index contributed by atoms with van der Waals surface area (Å²) in [6.45, 7) is 9.43. The minimum Gasteiger partial charge on any atom is -0.0984 e. The maximum atomic E-state index is 5.80. The molecular weight excluding hydrogens is 168 g/mol. The molecule has 1 aromatic rings. The van der Waals surface area contributed by atoms with Crippen molar-refractivity contribution in [2.24, 2.45) is 0 Å². The summed E-state index contributed by atoms with van der Waals surface area (Å²) in [7, 11) is 0. The van der Waals surface area contributed by atoms with E-state index in [-0.39, 0.29) is 0 Å². The van der Waals surface area contributed by atoms with E-state index in [4.69, 9.17) is 11.6 Å². The fraction of sp³-hybridized carbons (Fsp3) is 0.0909. The summed E-state index contributed by atoms with van der Waals surface area (Å²) >= 11 is 5.80. The molecule has 0 spiro atoms. The Morgan fingerprint density at radius 1 is 1.50 bits per heavy atom. The van der Waals surface area contributed by atoms with Crippen LogP contribution in [-0.2, 0) is 0 Å². The highest BCUT2D eigenvalue weighted by molar-refractivity contribution is 6.48. The molecule has 0 N–H and O–H groups in total. The summed E-state index contributed by atoms with van der Waals surface area (Å²) in [6.07, 6.45) is 1.79. The first-order chi connectivity index (χ1) is 5.65. The molecule has 0 saturated carbocycles. The SMILES string of the molecule is C=Cc1cc(C)ccc1C(=C)Cl. The van der Waals surface area contributed by atoms with Crippen LogP contribution >= 0.6 is 11.6 Å². The number of rotatable bonds is 2. The first kappa shape index (κ1) is 9.08. The van der Waals surface area contributed by atoms with Crippen LogP contribution in [-0.4, -0.2) is 0 Å². The summed E-state index contributed by atoms with van der Waals surface area (Å²) in [5.41, 5.74) is 3.19. The van der Waals surface area contributed by atoms with Gasteiger partial charge in [0.05, 0.1) is 0 Å². The Bertz CT molecular complexity index is 324. The molecule has 0 aliphatic heterocycles. The predicted molar refractivity (Wildman–Crippen MR) is 56.2 cm³/mol. The van der Waals surface area contributed by atoms with Gasteiger partial charge >= 0.3 is 0 Å². The highest BCUT2D eigenvalue weighted by Gasteiger charge is 2.00. The lowest BCUT2D eigenvalue weighted by molar-refractivity contribution is 1.44. The first-order valence-electron chi connectivity index (χ1n) is 3.73. The topological polar surface area (TPSA) is 0 Å². The maximum absolute atomic E-state index is 5.80. The van der Waals surface area contributed by atoms with Gasteiger partial charge in [-0.1, -0.05) is 54.6 Å². The maximum Gasteiger partial charge on any atom is 0.0412 e. The lowest BCUT2D eigenvalue weighted by atomic mass is 10.0. The summed E-state index contributed by atoms with van der Waals surface area (Å²) < 4.78 is 0. The van der Waals surface area contributed by atoms with Crippen molar-refractivity contribution in [1.29, 1.82) is 0 Å². The quantitative estimate of drug-likeness (QED) is 0.646. The van der Waals surface area contributed by atoms with Gasteiger partial charge in [-0.2, -0.15) is 0 Å². The van der Waals surface area contributed by atoms with Gasteiger partial charge in [-0.3, -0.25) is 0 Å². The third-order valence-corrected chi connectivity index (χ3v) is 1.92. The van der Waals surface area contributed by atoms with Gasteiger partial charge in [-0.15, -0.1) is 0 Å². The molecule has 0 atom stereocenters. The molecular formula is C11H11Cl. The van der Waals surface area contributed by atoms with Crippen LogP contribution in [0.4, 0.5) is 0 Å². The van der Waals surface area contributed by atoms with Crippen LogP contribution < -0.4 is 0 Å². The van der Waals surface area contributed by atoms with E-state index in [1.165, 1.54) is 5.56 Å². The molecule has 0 amide bonds. The van der Waals surface area contributed by atoms with Crippen molar-refractivity contribution in [3.8, 4) is 0 Å². The number of hydrogen-bond donors (Lipinski definition) is 0. The predicted octanol–water partition coefficient (Wildman–Crippen LogP) is 3.85. The first-order valence-corrected chi connectivity index (χ1v) is 4.11. The van der Waals surface area contributed by atoms with Crippen molar-refractivity contribution in [2.75, 3.05) is 0 Å². The molecule has 0 unspecified atom stereocenters. The summed E-state index contributed by atoms with van der Waals surface area (Å²) in [6, 6.07) is 6.01. The molecule has 0 aliphatic carbocycles. The van der Waals surface area contributed by atoms with E-state index in [1.54, 1.807) is 6.08 Å². The Morgan fingerprint density at radius 2 is 2.17 bits per heavy atom. The van der Waals surface area contributed by atoms with Crippen LogP contribution in [0, 0.1) is 6.92 Å². The number of aryl methyl sites for hydroxylation is 1. The lowest BCUT2D eigenvalue weighted by Gasteiger charge is -2.04. The van der Waals surface area contributed by atoms with Crippen LogP contribution in [0.15, 0.2) is 31.4 Å². The Morgan fingerprint density at radius 3 is 2.67 bits per heavy atom. The van der Waals surface area contributed by atoms with Crippen LogP contribution in [0.1, 0.15) is 16.7 Å². The summed E-state index contributed by atoms with van der Waals surface area (Å²) in [5, 5.41) is 0.560. The second-order valence-electron chi connectivity index (χ2n) is 2.70. The fourth-order valence-corrected chi connectivity index (χ4v) is 1.27. The molecule has 0 bridgehead atoms. The van der Waals surface area contributed by atoms with Gasteiger partial charge < -0.3 is 0 Å². The van der Waals surface area contributed by atoms with Crippen molar-refractivity contribution in [3.05, 3.63) is 48.0 Å². The zero-order chi connectivity index (χ0) is 9.14. The molecule has 0 fully saturated rings. The second-order valence-corrected chi connectivity index (χ2v) is 3.16. The zero-order valence-corrected chi connectivity index (χ0v) is 7.86. The van der Waals surface area contributed by atoms with Crippen molar-refractivity contribution < 1.29 is 0 Å². The van der Waals surface area contributed by atoms with Gasteiger partial charge in [-0.25, -0.2) is 0 Å². The normalized spacial score (nSPS) is 9.50. The van der Waals surface area contributed by atoms with E-state index < -0.39 is 0 Å². The van der Waals surface area contributed by atoms with Crippen molar-refractivity contribution >= 4 is 22.7 Å². The lowest BCUT2D eigenvalue weighted by Crippen LogP contribution is -1.84. The molecule has 1 rings (SSSR count). The molecule has 1 heteroatoms. The Balaban J connectivity index is 3.29. The summed E-state index contributed by atoms with van der Waals surface area (Å²) in [5.74, 6) is 0. The average molecular weight is 179 g/mol. The molecule has 0 saturated heterocycles. The van der Waals surface area contributed by atoms with Crippen LogP contribution in [0.2, 0.25) is 0 Å². The Kier molecular flexibility index (Phi) is 2.72. The second kappa shape index (κ2) is 3.59. The standard InChI is InChI=1S/C11H11Cl/c1-4-10-7-8(2)5-6-11(10)9(3)12/h4-7H,1,3H2,2H3. The average Bonchev–Trinajstić information content (AvgIpc) is 2.03. The molecule has 62 valence electrons.